The maximum absolute atomic E-state index is 12.4. The summed E-state index contributed by atoms with van der Waals surface area (Å²) < 4.78 is 0. The number of hydrogen-bond acceptors (Lipinski definition) is 2. The third kappa shape index (κ3) is 2.92. The Morgan fingerprint density at radius 1 is 1.20 bits per heavy atom. The maximum atomic E-state index is 12.4. The molecular formula is C17H23NO2. The van der Waals surface area contributed by atoms with E-state index >= 15 is 0 Å². The van der Waals surface area contributed by atoms with Gasteiger partial charge in [0.25, 0.3) is 0 Å². The summed E-state index contributed by atoms with van der Waals surface area (Å²) >= 11 is 0. The summed E-state index contributed by atoms with van der Waals surface area (Å²) in [6, 6.07) is 3.99. The van der Waals surface area contributed by atoms with Crippen molar-refractivity contribution < 1.29 is 9.59 Å². The summed E-state index contributed by atoms with van der Waals surface area (Å²) in [5.41, 5.74) is 4.07. The first kappa shape index (κ1) is 14.8. The predicted molar refractivity (Wildman–Crippen MR) is 80.0 cm³/mol. The summed E-state index contributed by atoms with van der Waals surface area (Å²) in [4.78, 5) is 26.0. The van der Waals surface area contributed by atoms with Gasteiger partial charge in [-0.3, -0.25) is 9.59 Å². The number of likely N-dealkylation sites (tertiary alicyclic amines) is 1. The highest BCUT2D eigenvalue weighted by Crippen LogP contribution is 2.22. The average Bonchev–Trinajstić information content (AvgIpc) is 2.74. The van der Waals surface area contributed by atoms with Gasteiger partial charge in [-0.05, 0) is 49.4 Å². The highest BCUT2D eigenvalue weighted by Gasteiger charge is 2.30. The van der Waals surface area contributed by atoms with Crippen LogP contribution in [0.25, 0.3) is 0 Å². The van der Waals surface area contributed by atoms with Gasteiger partial charge in [0.2, 0.25) is 5.91 Å². The van der Waals surface area contributed by atoms with E-state index in [-0.39, 0.29) is 18.2 Å². The highest BCUT2D eigenvalue weighted by atomic mass is 16.2. The van der Waals surface area contributed by atoms with Crippen molar-refractivity contribution in [2.75, 3.05) is 13.1 Å². The molecule has 1 saturated heterocycles. The fraction of sp³-hybridized carbons (Fsp3) is 0.529. The monoisotopic (exact) mass is 273 g/mol. The van der Waals surface area contributed by atoms with Crippen LogP contribution in [0.3, 0.4) is 0 Å². The molecule has 1 fully saturated rings. The number of carbonyl (C=O) groups excluding carboxylic acids is 2. The van der Waals surface area contributed by atoms with E-state index in [4.69, 9.17) is 0 Å². The maximum Gasteiger partial charge on any atom is 0.223 e. The molecule has 108 valence electrons. The summed E-state index contributed by atoms with van der Waals surface area (Å²) in [7, 11) is 0. The molecule has 1 atom stereocenters. The summed E-state index contributed by atoms with van der Waals surface area (Å²) in [5, 5.41) is 0. The molecule has 0 aliphatic carbocycles. The van der Waals surface area contributed by atoms with Gasteiger partial charge >= 0.3 is 0 Å². The van der Waals surface area contributed by atoms with Crippen LogP contribution < -0.4 is 0 Å². The molecular weight excluding hydrogens is 250 g/mol. The summed E-state index contributed by atoms with van der Waals surface area (Å²) in [6.45, 7) is 9.06. The Morgan fingerprint density at radius 2 is 1.85 bits per heavy atom. The minimum Gasteiger partial charge on any atom is -0.335 e. The van der Waals surface area contributed by atoms with E-state index in [1.54, 1.807) is 4.90 Å². The fourth-order valence-electron chi connectivity index (χ4n) is 2.80. The number of nitrogens with zero attached hydrogens (tertiary/aromatic N) is 1. The zero-order valence-electron chi connectivity index (χ0n) is 12.8. The third-order valence-electron chi connectivity index (χ3n) is 4.35. The van der Waals surface area contributed by atoms with Crippen LogP contribution in [0.4, 0.5) is 0 Å². The molecule has 1 aromatic rings. The molecule has 0 bridgehead atoms. The van der Waals surface area contributed by atoms with Gasteiger partial charge in [0, 0.05) is 18.5 Å². The number of rotatable bonds is 4. The molecule has 1 aromatic carbocycles. The second kappa shape index (κ2) is 5.78. The molecule has 1 unspecified atom stereocenters. The Labute approximate surface area is 121 Å². The van der Waals surface area contributed by atoms with Gasteiger partial charge in [0.15, 0.2) is 5.78 Å². The lowest BCUT2D eigenvalue weighted by atomic mass is 9.98. The van der Waals surface area contributed by atoms with E-state index in [0.29, 0.717) is 12.3 Å². The van der Waals surface area contributed by atoms with Crippen molar-refractivity contribution in [3.8, 4) is 0 Å². The van der Waals surface area contributed by atoms with Crippen molar-refractivity contribution in [2.45, 2.75) is 40.5 Å². The number of benzene rings is 1. The van der Waals surface area contributed by atoms with Crippen molar-refractivity contribution in [1.82, 2.24) is 4.90 Å². The first-order chi connectivity index (χ1) is 9.42. The van der Waals surface area contributed by atoms with E-state index in [0.717, 1.165) is 29.7 Å². The number of Topliss-reactive ketones (excluding diaryl/α,β-unsaturated/α-hetero) is 1. The van der Waals surface area contributed by atoms with Gasteiger partial charge in [-0.15, -0.1) is 0 Å². The largest absolute Gasteiger partial charge is 0.335 e. The zero-order chi connectivity index (χ0) is 14.9. The van der Waals surface area contributed by atoms with Crippen LogP contribution in [0.1, 0.15) is 46.8 Å². The van der Waals surface area contributed by atoms with Gasteiger partial charge in [-0.25, -0.2) is 0 Å². The van der Waals surface area contributed by atoms with Crippen LogP contribution >= 0.6 is 0 Å². The topological polar surface area (TPSA) is 37.4 Å². The predicted octanol–water partition coefficient (Wildman–Crippen LogP) is 3.05. The van der Waals surface area contributed by atoms with Crippen molar-refractivity contribution in [3.05, 3.63) is 34.4 Å². The van der Waals surface area contributed by atoms with E-state index in [1.165, 1.54) is 5.56 Å². The summed E-state index contributed by atoms with van der Waals surface area (Å²) in [6.07, 6.45) is 1.59. The minimum atomic E-state index is 0.0516. The van der Waals surface area contributed by atoms with Crippen LogP contribution in [0.15, 0.2) is 12.1 Å². The second-order valence-corrected chi connectivity index (χ2v) is 5.93. The standard InChI is InChI=1S/C17H23NO2/c1-5-14-8-17(20)18(9-14)10-16(19)15-7-12(3)11(2)6-13(15)4/h6-7,14H,5,8-10H2,1-4H3. The van der Waals surface area contributed by atoms with E-state index in [2.05, 4.69) is 6.92 Å². The highest BCUT2D eigenvalue weighted by molar-refractivity contribution is 6.01. The molecule has 1 amide bonds. The number of hydrogen-bond donors (Lipinski definition) is 0. The molecule has 0 N–H and O–H groups in total. The number of carbonyl (C=O) groups is 2. The quantitative estimate of drug-likeness (QED) is 0.791. The lowest BCUT2D eigenvalue weighted by Gasteiger charge is -2.17. The summed E-state index contributed by atoms with van der Waals surface area (Å²) in [5.74, 6) is 0.582. The van der Waals surface area contributed by atoms with E-state index in [9.17, 15) is 9.59 Å². The lowest BCUT2D eigenvalue weighted by Crippen LogP contribution is -2.31. The van der Waals surface area contributed by atoms with E-state index in [1.807, 2.05) is 32.9 Å². The fourth-order valence-corrected chi connectivity index (χ4v) is 2.80. The molecule has 3 heteroatoms. The van der Waals surface area contributed by atoms with Crippen LogP contribution in [-0.2, 0) is 4.79 Å². The Kier molecular flexibility index (Phi) is 4.26. The molecule has 0 spiro atoms. The van der Waals surface area contributed by atoms with Crippen LogP contribution in [-0.4, -0.2) is 29.7 Å². The first-order valence-electron chi connectivity index (χ1n) is 7.31. The number of ketones is 1. The smallest absolute Gasteiger partial charge is 0.223 e. The molecule has 1 aliphatic rings. The molecule has 1 aliphatic heterocycles. The number of amides is 1. The van der Waals surface area contributed by atoms with Crippen LogP contribution in [0.5, 0.6) is 0 Å². The Morgan fingerprint density at radius 3 is 2.45 bits per heavy atom. The van der Waals surface area contributed by atoms with Crippen molar-refractivity contribution in [2.24, 2.45) is 5.92 Å². The lowest BCUT2D eigenvalue weighted by molar-refractivity contribution is -0.127. The Balaban J connectivity index is 2.13. The molecule has 20 heavy (non-hydrogen) atoms. The molecule has 1 heterocycles. The van der Waals surface area contributed by atoms with Crippen LogP contribution in [0, 0.1) is 26.7 Å². The Hall–Kier alpha value is -1.64. The molecule has 2 rings (SSSR count). The second-order valence-electron chi connectivity index (χ2n) is 5.93. The van der Waals surface area contributed by atoms with Gasteiger partial charge < -0.3 is 4.90 Å². The average molecular weight is 273 g/mol. The van der Waals surface area contributed by atoms with Crippen molar-refractivity contribution >= 4 is 11.7 Å². The van der Waals surface area contributed by atoms with Crippen molar-refractivity contribution in [1.29, 1.82) is 0 Å². The van der Waals surface area contributed by atoms with Gasteiger partial charge in [-0.2, -0.15) is 0 Å². The van der Waals surface area contributed by atoms with Crippen LogP contribution in [0.2, 0.25) is 0 Å². The SMILES string of the molecule is CCC1CC(=O)N(CC(=O)c2cc(C)c(C)cc2C)C1. The van der Waals surface area contributed by atoms with E-state index < -0.39 is 0 Å². The van der Waals surface area contributed by atoms with Gasteiger partial charge in [0.05, 0.1) is 6.54 Å². The first-order valence-corrected chi connectivity index (χ1v) is 7.31. The normalized spacial score (nSPS) is 18.7. The minimum absolute atomic E-state index is 0.0516. The van der Waals surface area contributed by atoms with Gasteiger partial charge in [0.1, 0.15) is 0 Å². The molecule has 0 aromatic heterocycles. The van der Waals surface area contributed by atoms with Gasteiger partial charge in [-0.1, -0.05) is 19.4 Å². The number of aryl methyl sites for hydroxylation is 3. The molecule has 0 radical (unpaired) electrons. The Bertz CT molecular complexity index is 548. The third-order valence-corrected chi connectivity index (χ3v) is 4.35. The molecule has 3 nitrogen and oxygen atoms in total. The zero-order valence-corrected chi connectivity index (χ0v) is 12.8. The van der Waals surface area contributed by atoms with Crippen molar-refractivity contribution in [3.63, 3.8) is 0 Å². The molecule has 0 saturated carbocycles.